The number of nitrogens with zero attached hydrogens (tertiary/aromatic N) is 2. The molecule has 0 bridgehead atoms. The highest BCUT2D eigenvalue weighted by Crippen LogP contribution is 2.30. The zero-order chi connectivity index (χ0) is 16.2. The number of piperazine rings is 1. The maximum atomic E-state index is 12.6. The quantitative estimate of drug-likeness (QED) is 0.830. The van der Waals surface area contributed by atoms with Crippen molar-refractivity contribution in [2.75, 3.05) is 46.4 Å². The van der Waals surface area contributed by atoms with Crippen LogP contribution in [0, 0.1) is 0 Å². The van der Waals surface area contributed by atoms with Gasteiger partial charge < -0.3 is 4.74 Å². The van der Waals surface area contributed by atoms with E-state index in [0.717, 1.165) is 44.9 Å². The van der Waals surface area contributed by atoms with Crippen molar-refractivity contribution in [3.05, 3.63) is 35.4 Å². The van der Waals surface area contributed by atoms with Crippen molar-refractivity contribution in [1.29, 1.82) is 0 Å². The van der Waals surface area contributed by atoms with Crippen LogP contribution < -0.4 is 0 Å². The van der Waals surface area contributed by atoms with Gasteiger partial charge in [-0.2, -0.15) is 13.2 Å². The third-order valence-electron chi connectivity index (χ3n) is 4.29. The molecule has 0 N–H and O–H groups in total. The van der Waals surface area contributed by atoms with E-state index in [2.05, 4.69) is 9.80 Å². The molecule has 0 aliphatic carbocycles. The van der Waals surface area contributed by atoms with Crippen molar-refractivity contribution >= 4 is 0 Å². The lowest BCUT2D eigenvalue weighted by Crippen LogP contribution is -2.47. The average molecular weight is 316 g/mol. The highest BCUT2D eigenvalue weighted by molar-refractivity contribution is 5.26. The molecular formula is C16H23F3N2O. The first-order valence-electron chi connectivity index (χ1n) is 7.54. The summed E-state index contributed by atoms with van der Waals surface area (Å²) in [5.74, 6) is 0. The third kappa shape index (κ3) is 4.44. The molecule has 1 aromatic rings. The lowest BCUT2D eigenvalue weighted by molar-refractivity contribution is -0.137. The molecule has 0 saturated carbocycles. The highest BCUT2D eigenvalue weighted by atomic mass is 19.4. The fourth-order valence-corrected chi connectivity index (χ4v) is 2.76. The molecule has 1 aliphatic heterocycles. The number of hydrogen-bond donors (Lipinski definition) is 0. The van der Waals surface area contributed by atoms with E-state index in [1.807, 2.05) is 6.92 Å². The topological polar surface area (TPSA) is 15.7 Å². The van der Waals surface area contributed by atoms with Gasteiger partial charge in [-0.15, -0.1) is 0 Å². The van der Waals surface area contributed by atoms with Crippen LogP contribution in [0.1, 0.15) is 24.1 Å². The van der Waals surface area contributed by atoms with Gasteiger partial charge in [0.1, 0.15) is 0 Å². The van der Waals surface area contributed by atoms with Gasteiger partial charge in [0.15, 0.2) is 0 Å². The minimum absolute atomic E-state index is 0.131. The normalized spacial score (nSPS) is 19.3. The summed E-state index contributed by atoms with van der Waals surface area (Å²) in [5, 5.41) is 0. The maximum absolute atomic E-state index is 12.6. The second kappa shape index (κ2) is 7.44. The summed E-state index contributed by atoms with van der Waals surface area (Å²) in [6, 6.07) is 5.64. The largest absolute Gasteiger partial charge is 0.416 e. The Morgan fingerprint density at radius 2 is 1.68 bits per heavy atom. The van der Waals surface area contributed by atoms with E-state index in [9.17, 15) is 13.2 Å². The van der Waals surface area contributed by atoms with Crippen LogP contribution in [0.4, 0.5) is 13.2 Å². The molecule has 3 nitrogen and oxygen atoms in total. The molecule has 1 aromatic carbocycles. The smallest absolute Gasteiger partial charge is 0.383 e. The fourth-order valence-electron chi connectivity index (χ4n) is 2.76. The first-order chi connectivity index (χ1) is 10.4. The Labute approximate surface area is 129 Å². The minimum Gasteiger partial charge on any atom is -0.383 e. The van der Waals surface area contributed by atoms with Gasteiger partial charge in [0.2, 0.25) is 0 Å². The molecule has 1 saturated heterocycles. The number of hydrogen-bond acceptors (Lipinski definition) is 3. The van der Waals surface area contributed by atoms with Crippen LogP contribution in [0.5, 0.6) is 0 Å². The first kappa shape index (κ1) is 17.2. The molecule has 0 spiro atoms. The Morgan fingerprint density at radius 3 is 2.18 bits per heavy atom. The van der Waals surface area contributed by atoms with Gasteiger partial charge in [-0.1, -0.05) is 12.1 Å². The van der Waals surface area contributed by atoms with Gasteiger partial charge in [0.25, 0.3) is 0 Å². The van der Waals surface area contributed by atoms with Gasteiger partial charge in [0, 0.05) is 45.9 Å². The Morgan fingerprint density at radius 1 is 1.09 bits per heavy atom. The van der Waals surface area contributed by atoms with E-state index in [0.29, 0.717) is 0 Å². The summed E-state index contributed by atoms with van der Waals surface area (Å²) in [6.07, 6.45) is -4.27. The number of benzene rings is 1. The van der Waals surface area contributed by atoms with Crippen LogP contribution >= 0.6 is 0 Å². The molecule has 1 aliphatic rings. The summed E-state index contributed by atoms with van der Waals surface area (Å²) >= 11 is 0. The second-order valence-corrected chi connectivity index (χ2v) is 5.67. The lowest BCUT2D eigenvalue weighted by Gasteiger charge is -2.38. The van der Waals surface area contributed by atoms with E-state index in [1.54, 1.807) is 19.2 Å². The number of methoxy groups -OCH3 is 1. The molecule has 6 heteroatoms. The van der Waals surface area contributed by atoms with Crippen molar-refractivity contribution in [3.8, 4) is 0 Å². The van der Waals surface area contributed by atoms with Crippen molar-refractivity contribution in [2.45, 2.75) is 19.1 Å². The Bertz CT molecular complexity index is 453. The van der Waals surface area contributed by atoms with Crippen molar-refractivity contribution in [1.82, 2.24) is 9.80 Å². The van der Waals surface area contributed by atoms with Crippen molar-refractivity contribution < 1.29 is 17.9 Å². The van der Waals surface area contributed by atoms with Gasteiger partial charge in [-0.3, -0.25) is 9.80 Å². The molecule has 1 fully saturated rings. The van der Waals surface area contributed by atoms with Gasteiger partial charge in [-0.05, 0) is 24.6 Å². The van der Waals surface area contributed by atoms with Crippen LogP contribution in [0.15, 0.2) is 24.3 Å². The Balaban J connectivity index is 1.91. The van der Waals surface area contributed by atoms with Gasteiger partial charge in [0.05, 0.1) is 12.2 Å². The van der Waals surface area contributed by atoms with Crippen LogP contribution in [0.2, 0.25) is 0 Å². The molecule has 0 amide bonds. The summed E-state index contributed by atoms with van der Waals surface area (Å²) in [7, 11) is 1.70. The number of ether oxygens (including phenoxy) is 1. The molecule has 22 heavy (non-hydrogen) atoms. The standard InChI is InChI=1S/C16H23F3N2O/c1-13(14-3-5-15(6-4-14)16(17,18)19)21-9-7-20(8-10-21)11-12-22-2/h3-6,13H,7-12H2,1-2H3/t13-/m1/s1. The Hall–Kier alpha value is -1.11. The Kier molecular flexibility index (Phi) is 5.83. The molecule has 0 unspecified atom stereocenters. The molecule has 0 aromatic heterocycles. The molecule has 2 rings (SSSR count). The summed E-state index contributed by atoms with van der Waals surface area (Å²) in [4.78, 5) is 4.66. The predicted octanol–water partition coefficient (Wildman–Crippen LogP) is 3.03. The SMILES string of the molecule is COCCN1CCN([C@H](C)c2ccc(C(F)(F)F)cc2)CC1. The van der Waals surface area contributed by atoms with Gasteiger partial charge >= 0.3 is 6.18 Å². The average Bonchev–Trinajstić information content (AvgIpc) is 2.52. The summed E-state index contributed by atoms with van der Waals surface area (Å²) in [6.45, 7) is 7.49. The molecule has 1 heterocycles. The zero-order valence-corrected chi connectivity index (χ0v) is 13.1. The fraction of sp³-hybridized carbons (Fsp3) is 0.625. The third-order valence-corrected chi connectivity index (χ3v) is 4.29. The highest BCUT2D eigenvalue weighted by Gasteiger charge is 2.30. The van der Waals surface area contributed by atoms with Crippen LogP contribution in [-0.4, -0.2) is 56.2 Å². The van der Waals surface area contributed by atoms with E-state index < -0.39 is 11.7 Å². The second-order valence-electron chi connectivity index (χ2n) is 5.67. The predicted molar refractivity (Wildman–Crippen MR) is 79.7 cm³/mol. The first-order valence-corrected chi connectivity index (χ1v) is 7.54. The van der Waals surface area contributed by atoms with E-state index in [1.165, 1.54) is 12.1 Å². The molecule has 0 radical (unpaired) electrons. The van der Waals surface area contributed by atoms with E-state index in [-0.39, 0.29) is 6.04 Å². The number of alkyl halides is 3. The molecule has 1 atom stereocenters. The van der Waals surface area contributed by atoms with Gasteiger partial charge in [-0.25, -0.2) is 0 Å². The van der Waals surface area contributed by atoms with Crippen molar-refractivity contribution in [3.63, 3.8) is 0 Å². The number of rotatable bonds is 5. The summed E-state index contributed by atoms with van der Waals surface area (Å²) in [5.41, 5.74) is 0.339. The maximum Gasteiger partial charge on any atom is 0.416 e. The zero-order valence-electron chi connectivity index (χ0n) is 13.1. The number of halogens is 3. The van der Waals surface area contributed by atoms with E-state index >= 15 is 0 Å². The van der Waals surface area contributed by atoms with Crippen molar-refractivity contribution in [2.24, 2.45) is 0 Å². The minimum atomic E-state index is -4.27. The molecular weight excluding hydrogens is 293 g/mol. The van der Waals surface area contributed by atoms with Crippen LogP contribution in [0.25, 0.3) is 0 Å². The van der Waals surface area contributed by atoms with Crippen LogP contribution in [0.3, 0.4) is 0 Å². The monoisotopic (exact) mass is 316 g/mol. The van der Waals surface area contributed by atoms with Crippen LogP contribution in [-0.2, 0) is 10.9 Å². The molecule has 124 valence electrons. The summed E-state index contributed by atoms with van der Waals surface area (Å²) < 4.78 is 42.9. The lowest BCUT2D eigenvalue weighted by atomic mass is 10.0. The van der Waals surface area contributed by atoms with E-state index in [4.69, 9.17) is 4.74 Å².